The molecule has 1 aliphatic heterocycles. The van der Waals surface area contributed by atoms with Crippen LogP contribution in [-0.4, -0.2) is 12.1 Å². The number of azo groups is 1. The summed E-state index contributed by atoms with van der Waals surface area (Å²) in [7, 11) is 0. The Morgan fingerprint density at radius 1 is 1.10 bits per heavy atom. The summed E-state index contributed by atoms with van der Waals surface area (Å²) >= 11 is 0. The van der Waals surface area contributed by atoms with Gasteiger partial charge in [-0.1, -0.05) is 6.58 Å². The lowest BCUT2D eigenvalue weighted by atomic mass is 10.2. The number of hydrogen-bond acceptors (Lipinski definition) is 6. The van der Waals surface area contributed by atoms with Gasteiger partial charge < -0.3 is 14.9 Å². The van der Waals surface area contributed by atoms with E-state index in [9.17, 15) is 0 Å². The lowest BCUT2D eigenvalue weighted by Gasteiger charge is -2.05. The van der Waals surface area contributed by atoms with E-state index in [2.05, 4.69) is 27.3 Å². The monoisotopic (exact) mass is 269 g/mol. The molecule has 0 saturated carbocycles. The van der Waals surface area contributed by atoms with Crippen LogP contribution in [-0.2, 0) is 4.74 Å². The Morgan fingerprint density at radius 2 is 1.90 bits per heavy atom. The number of benzene rings is 1. The Balaban J connectivity index is 1.93. The zero-order chi connectivity index (χ0) is 14.2. The number of amidine groups is 1. The van der Waals surface area contributed by atoms with E-state index < -0.39 is 0 Å². The highest BCUT2D eigenvalue weighted by atomic mass is 16.5. The van der Waals surface area contributed by atoms with Crippen LogP contribution in [0.15, 0.2) is 64.5 Å². The molecule has 1 heterocycles. The van der Waals surface area contributed by atoms with Crippen LogP contribution in [0.2, 0.25) is 0 Å². The lowest BCUT2D eigenvalue weighted by Crippen LogP contribution is -2.07. The predicted octanol–water partition coefficient (Wildman–Crippen LogP) is 2.57. The van der Waals surface area contributed by atoms with Crippen LogP contribution in [0.25, 0.3) is 0 Å². The molecule has 7 nitrogen and oxygen atoms in total. The van der Waals surface area contributed by atoms with Crippen molar-refractivity contribution in [2.24, 2.45) is 15.3 Å². The molecule has 0 unspecified atom stereocenters. The van der Waals surface area contributed by atoms with Crippen LogP contribution in [0.1, 0.15) is 5.56 Å². The smallest absolute Gasteiger partial charge is 0.203 e. The van der Waals surface area contributed by atoms with Gasteiger partial charge in [-0.25, -0.2) is 0 Å². The summed E-state index contributed by atoms with van der Waals surface area (Å²) in [6.45, 7) is 4.74. The molecule has 1 aromatic rings. The minimum absolute atomic E-state index is 0.278. The van der Waals surface area contributed by atoms with E-state index in [1.165, 1.54) is 19.1 Å². The Kier molecular flexibility index (Phi) is 4.60. The number of nitrogens with zero attached hydrogens (tertiary/aromatic N) is 4. The third kappa shape index (κ3) is 3.77. The average Bonchev–Trinajstić information content (AvgIpc) is 2.49. The van der Waals surface area contributed by atoms with Gasteiger partial charge in [-0.15, -0.1) is 20.8 Å². The van der Waals surface area contributed by atoms with Gasteiger partial charge in [0.2, 0.25) is 5.84 Å². The van der Waals surface area contributed by atoms with Gasteiger partial charge in [-0.2, -0.15) is 0 Å². The molecular weight excluding hydrogens is 258 g/mol. The average molecular weight is 269 g/mol. The molecule has 20 heavy (non-hydrogen) atoms. The highest BCUT2D eigenvalue weighted by Gasteiger charge is 2.08. The molecule has 0 bridgehead atoms. The fourth-order valence-corrected chi connectivity index (χ4v) is 1.27. The van der Waals surface area contributed by atoms with Crippen LogP contribution in [0.4, 0.5) is 0 Å². The van der Waals surface area contributed by atoms with Gasteiger partial charge in [0.1, 0.15) is 18.3 Å². The van der Waals surface area contributed by atoms with E-state index in [1.54, 1.807) is 24.3 Å². The number of ether oxygens (including phenoxy) is 2. The highest BCUT2D eigenvalue weighted by molar-refractivity contribution is 5.99. The van der Waals surface area contributed by atoms with Gasteiger partial charge in [0.25, 0.3) is 0 Å². The molecule has 1 aromatic carbocycles. The molecule has 0 saturated heterocycles. The Morgan fingerprint density at radius 3 is 2.55 bits per heavy atom. The van der Waals surface area contributed by atoms with Crippen molar-refractivity contribution in [2.45, 2.75) is 0 Å². The molecule has 1 N–H and O–H groups in total. The second-order valence-electron chi connectivity index (χ2n) is 3.49. The number of hydrogen-bond donors (Lipinski definition) is 1. The first-order chi connectivity index (χ1) is 9.79. The molecule has 0 spiro atoms. The SMILES string of the molecule is C=C1[N]N=C(c2ccc(O/C=C/O[CH]C=N)cc2)N=N1. The van der Waals surface area contributed by atoms with Crippen LogP contribution < -0.4 is 10.2 Å². The fourth-order valence-electron chi connectivity index (χ4n) is 1.27. The summed E-state index contributed by atoms with van der Waals surface area (Å²) < 4.78 is 10.1. The minimum atomic E-state index is 0.278. The van der Waals surface area contributed by atoms with Crippen molar-refractivity contribution in [3.05, 3.63) is 61.4 Å². The number of nitrogens with one attached hydrogen (secondary N) is 1. The van der Waals surface area contributed by atoms with E-state index in [0.29, 0.717) is 11.6 Å². The summed E-state index contributed by atoms with van der Waals surface area (Å²) in [4.78, 5) is 0. The van der Waals surface area contributed by atoms with E-state index in [1.807, 2.05) is 0 Å². The molecule has 1 aliphatic rings. The standard InChI is InChI=1S/C13H11N5O2/c1-10-15-17-13(18-16-10)11-2-4-12(5-3-11)20-9-8-19-7-6-14/h2-9,14H,1H2/b9-8+,14-6?. The summed E-state index contributed by atoms with van der Waals surface area (Å²) in [6, 6.07) is 7.08. The zero-order valence-electron chi connectivity index (χ0n) is 10.4. The van der Waals surface area contributed by atoms with E-state index in [4.69, 9.17) is 14.9 Å². The predicted molar refractivity (Wildman–Crippen MR) is 73.0 cm³/mol. The Hall–Kier alpha value is -2.96. The normalized spacial score (nSPS) is 13.8. The van der Waals surface area contributed by atoms with Crippen molar-refractivity contribution < 1.29 is 9.47 Å². The van der Waals surface area contributed by atoms with E-state index in [-0.39, 0.29) is 5.82 Å². The highest BCUT2D eigenvalue weighted by Crippen LogP contribution is 2.15. The van der Waals surface area contributed by atoms with Gasteiger partial charge in [0, 0.05) is 11.8 Å². The third-order valence-corrected chi connectivity index (χ3v) is 2.12. The first-order valence-corrected chi connectivity index (χ1v) is 5.59. The second-order valence-corrected chi connectivity index (χ2v) is 3.49. The maximum absolute atomic E-state index is 6.71. The van der Waals surface area contributed by atoms with Gasteiger partial charge in [-0.3, -0.25) is 0 Å². The second kappa shape index (κ2) is 6.83. The molecule has 0 aliphatic carbocycles. The first-order valence-electron chi connectivity index (χ1n) is 5.59. The quantitative estimate of drug-likeness (QED) is 0.488. The van der Waals surface area contributed by atoms with Crippen LogP contribution in [0.5, 0.6) is 5.75 Å². The molecule has 2 rings (SSSR count). The van der Waals surface area contributed by atoms with Crippen LogP contribution >= 0.6 is 0 Å². The van der Waals surface area contributed by atoms with Crippen molar-refractivity contribution in [3.8, 4) is 5.75 Å². The summed E-state index contributed by atoms with van der Waals surface area (Å²) in [6.07, 6.45) is 3.72. The summed E-state index contributed by atoms with van der Waals surface area (Å²) in [5.74, 6) is 1.32. The topological polar surface area (TPSA) is 93.5 Å². The van der Waals surface area contributed by atoms with Gasteiger partial charge >= 0.3 is 0 Å². The molecule has 0 fully saturated rings. The maximum atomic E-state index is 6.71. The van der Waals surface area contributed by atoms with Gasteiger partial charge in [0.05, 0.1) is 0 Å². The van der Waals surface area contributed by atoms with Crippen molar-refractivity contribution in [2.75, 3.05) is 0 Å². The van der Waals surface area contributed by atoms with Crippen molar-refractivity contribution >= 4 is 12.1 Å². The molecular formula is C13H11N5O2. The molecule has 0 amide bonds. The van der Waals surface area contributed by atoms with Crippen molar-refractivity contribution in [1.82, 2.24) is 5.43 Å². The molecule has 100 valence electrons. The molecule has 2 radical (unpaired) electrons. The lowest BCUT2D eigenvalue weighted by molar-refractivity contribution is 0.346. The first kappa shape index (κ1) is 13.5. The van der Waals surface area contributed by atoms with Gasteiger partial charge in [0.15, 0.2) is 12.4 Å². The van der Waals surface area contributed by atoms with E-state index >= 15 is 0 Å². The largest absolute Gasteiger partial charge is 0.485 e. The van der Waals surface area contributed by atoms with Gasteiger partial charge in [-0.05, 0) is 24.3 Å². The molecule has 7 heteroatoms. The van der Waals surface area contributed by atoms with Crippen molar-refractivity contribution in [3.63, 3.8) is 0 Å². The fraction of sp³-hybridized carbons (Fsp3) is 0. The third-order valence-electron chi connectivity index (χ3n) is 2.12. The zero-order valence-corrected chi connectivity index (χ0v) is 10.4. The van der Waals surface area contributed by atoms with Crippen LogP contribution in [0.3, 0.4) is 0 Å². The molecule has 0 atom stereocenters. The summed E-state index contributed by atoms with van der Waals surface area (Å²) in [5.41, 5.74) is 4.51. The van der Waals surface area contributed by atoms with Crippen LogP contribution in [0, 0.1) is 12.0 Å². The van der Waals surface area contributed by atoms with Crippen molar-refractivity contribution in [1.29, 1.82) is 5.41 Å². The minimum Gasteiger partial charge on any atom is -0.485 e. The Labute approximate surface area is 115 Å². The summed E-state index contributed by atoms with van der Waals surface area (Å²) in [5, 5.41) is 18.2. The molecule has 0 aromatic heterocycles. The Bertz CT molecular complexity index is 575. The maximum Gasteiger partial charge on any atom is 0.203 e. The van der Waals surface area contributed by atoms with E-state index in [0.717, 1.165) is 11.8 Å². The number of rotatable bonds is 6.